The molecule has 0 spiro atoms. The molecule has 3 heterocycles. The summed E-state index contributed by atoms with van der Waals surface area (Å²) in [6.07, 6.45) is 5.05. The number of thiazole rings is 1. The summed E-state index contributed by atoms with van der Waals surface area (Å²) in [6.45, 7) is 9.09. The van der Waals surface area contributed by atoms with E-state index < -0.39 is 23.9 Å². The number of aryl methyl sites for hydroxylation is 2. The Balaban J connectivity index is 1.73. The van der Waals surface area contributed by atoms with Crippen LogP contribution in [0.2, 0.25) is 0 Å². The standard InChI is InChI=1S/C31H45N5O6S2/c1-18(2)25(36(6)28(38)11-22-15-43-16-22)12-26(42-21(5)37)30-35-24(17-44-30)29(39)34-23(10-20(4)31(40)41-7)8-9-27-32-13-19(3)14-33-27/h13-14,17-18,20,22-23,25-26H,8-12,15-16H2,1-7H3,(H,34,39)/t20-,23?,25?,26+/m0/s1. The molecule has 1 saturated heterocycles. The van der Waals surface area contributed by atoms with E-state index in [1.807, 2.05) is 39.6 Å². The Morgan fingerprint density at radius 1 is 1.11 bits per heavy atom. The van der Waals surface area contributed by atoms with Crippen LogP contribution in [0.15, 0.2) is 17.8 Å². The van der Waals surface area contributed by atoms with Crippen molar-refractivity contribution in [1.82, 2.24) is 25.2 Å². The Labute approximate surface area is 268 Å². The molecule has 1 aliphatic heterocycles. The zero-order valence-corrected chi connectivity index (χ0v) is 28.3. The first kappa shape index (κ1) is 35.4. The molecule has 13 heteroatoms. The second-order valence-corrected chi connectivity index (χ2v) is 13.8. The van der Waals surface area contributed by atoms with Gasteiger partial charge in [0.05, 0.1) is 13.0 Å². The predicted octanol–water partition coefficient (Wildman–Crippen LogP) is 4.40. The average Bonchev–Trinajstić information content (AvgIpc) is 3.46. The number of thioether (sulfide) groups is 1. The summed E-state index contributed by atoms with van der Waals surface area (Å²) in [5, 5.41) is 5.14. The van der Waals surface area contributed by atoms with Crippen LogP contribution in [0.25, 0.3) is 0 Å². The number of amides is 2. The Hall–Kier alpha value is -3.06. The molecule has 44 heavy (non-hydrogen) atoms. The van der Waals surface area contributed by atoms with Gasteiger partial charge < -0.3 is 19.7 Å². The van der Waals surface area contributed by atoms with E-state index >= 15 is 0 Å². The Morgan fingerprint density at radius 3 is 2.36 bits per heavy atom. The Morgan fingerprint density at radius 2 is 1.80 bits per heavy atom. The normalized spacial score (nSPS) is 15.9. The van der Waals surface area contributed by atoms with Crippen molar-refractivity contribution < 1.29 is 28.7 Å². The topological polar surface area (TPSA) is 141 Å². The van der Waals surface area contributed by atoms with Gasteiger partial charge in [-0.15, -0.1) is 11.3 Å². The van der Waals surface area contributed by atoms with E-state index in [1.165, 1.54) is 25.4 Å². The van der Waals surface area contributed by atoms with Gasteiger partial charge in [-0.1, -0.05) is 20.8 Å². The molecule has 242 valence electrons. The molecule has 0 aromatic carbocycles. The molecule has 4 atom stereocenters. The number of hydrogen-bond acceptors (Lipinski definition) is 11. The SMILES string of the molecule is COC(=O)[C@@H](C)CC(CCc1ncc(C)cn1)NC(=O)c1csc([C@@H](CC(C(C)C)N(C)C(=O)CC2CSC2)OC(C)=O)n1. The van der Waals surface area contributed by atoms with Crippen molar-refractivity contribution in [3.63, 3.8) is 0 Å². The van der Waals surface area contributed by atoms with Gasteiger partial charge in [0.25, 0.3) is 5.91 Å². The fourth-order valence-corrected chi connectivity index (χ4v) is 6.74. The molecule has 1 N–H and O–H groups in total. The van der Waals surface area contributed by atoms with Crippen molar-refractivity contribution >= 4 is 46.9 Å². The maximum Gasteiger partial charge on any atom is 0.308 e. The summed E-state index contributed by atoms with van der Waals surface area (Å²) in [7, 11) is 3.15. The van der Waals surface area contributed by atoms with Gasteiger partial charge in [-0.25, -0.2) is 15.0 Å². The lowest BCUT2D eigenvalue weighted by Crippen LogP contribution is -2.43. The van der Waals surface area contributed by atoms with Crippen molar-refractivity contribution in [2.45, 2.75) is 84.9 Å². The number of methoxy groups -OCH3 is 1. The lowest BCUT2D eigenvalue weighted by molar-refractivity contribution is -0.148. The number of ether oxygens (including phenoxy) is 2. The van der Waals surface area contributed by atoms with Gasteiger partial charge in [-0.05, 0) is 48.7 Å². The third kappa shape index (κ3) is 10.5. The number of rotatable bonds is 16. The zero-order chi connectivity index (χ0) is 32.4. The second kappa shape index (κ2) is 16.9. The van der Waals surface area contributed by atoms with Crippen molar-refractivity contribution in [2.75, 3.05) is 25.7 Å². The highest BCUT2D eigenvalue weighted by Gasteiger charge is 2.32. The van der Waals surface area contributed by atoms with E-state index in [2.05, 4.69) is 20.3 Å². The number of nitrogens with one attached hydrogen (secondary N) is 1. The molecular weight excluding hydrogens is 603 g/mol. The summed E-state index contributed by atoms with van der Waals surface area (Å²) in [5.74, 6) is 1.62. The van der Waals surface area contributed by atoms with Gasteiger partial charge in [0.2, 0.25) is 5.91 Å². The van der Waals surface area contributed by atoms with E-state index in [9.17, 15) is 19.2 Å². The summed E-state index contributed by atoms with van der Waals surface area (Å²) >= 11 is 3.09. The first-order valence-corrected chi connectivity index (χ1v) is 17.0. The molecule has 3 rings (SSSR count). The highest BCUT2D eigenvalue weighted by atomic mass is 32.2. The fraction of sp³-hybridized carbons (Fsp3) is 0.645. The lowest BCUT2D eigenvalue weighted by atomic mass is 9.95. The summed E-state index contributed by atoms with van der Waals surface area (Å²) in [6, 6.07) is -0.552. The van der Waals surface area contributed by atoms with E-state index in [0.29, 0.717) is 48.9 Å². The fourth-order valence-electron chi connectivity index (χ4n) is 5.10. The minimum Gasteiger partial charge on any atom is -0.469 e. The average molecular weight is 648 g/mol. The van der Waals surface area contributed by atoms with Crippen LogP contribution < -0.4 is 5.32 Å². The van der Waals surface area contributed by atoms with Crippen LogP contribution in [0.5, 0.6) is 0 Å². The monoisotopic (exact) mass is 647 g/mol. The van der Waals surface area contributed by atoms with Gasteiger partial charge >= 0.3 is 11.9 Å². The minimum absolute atomic E-state index is 0.0815. The number of hydrogen-bond donors (Lipinski definition) is 1. The van der Waals surface area contributed by atoms with Gasteiger partial charge in [-0.2, -0.15) is 11.8 Å². The lowest BCUT2D eigenvalue weighted by Gasteiger charge is -2.35. The van der Waals surface area contributed by atoms with Crippen molar-refractivity contribution in [2.24, 2.45) is 17.8 Å². The Kier molecular flexibility index (Phi) is 13.6. The Bertz CT molecular complexity index is 1270. The third-order valence-electron chi connectivity index (χ3n) is 7.75. The van der Waals surface area contributed by atoms with E-state index in [-0.39, 0.29) is 35.6 Å². The molecule has 0 bridgehead atoms. The maximum absolute atomic E-state index is 13.4. The van der Waals surface area contributed by atoms with Gasteiger partial charge in [0, 0.05) is 63.1 Å². The molecule has 2 unspecified atom stereocenters. The molecule has 2 amide bonds. The molecule has 0 aliphatic carbocycles. The van der Waals surface area contributed by atoms with E-state index in [4.69, 9.17) is 9.47 Å². The number of carbonyl (C=O) groups excluding carboxylic acids is 4. The largest absolute Gasteiger partial charge is 0.469 e. The smallest absolute Gasteiger partial charge is 0.308 e. The maximum atomic E-state index is 13.4. The number of esters is 2. The number of aromatic nitrogens is 3. The molecule has 1 aliphatic rings. The number of carbonyl (C=O) groups is 4. The van der Waals surface area contributed by atoms with Crippen molar-refractivity contribution in [3.05, 3.63) is 39.9 Å². The van der Waals surface area contributed by atoms with Gasteiger partial charge in [0.1, 0.15) is 16.5 Å². The third-order valence-corrected chi connectivity index (χ3v) is 10.1. The van der Waals surface area contributed by atoms with Gasteiger partial charge in [0.15, 0.2) is 6.10 Å². The van der Waals surface area contributed by atoms with Gasteiger partial charge in [-0.3, -0.25) is 19.2 Å². The quantitative estimate of drug-likeness (QED) is 0.261. The molecule has 2 aromatic rings. The molecule has 11 nitrogen and oxygen atoms in total. The molecule has 0 saturated carbocycles. The first-order valence-electron chi connectivity index (χ1n) is 15.0. The summed E-state index contributed by atoms with van der Waals surface area (Å²) in [5.41, 5.74) is 1.15. The molecule has 2 aromatic heterocycles. The van der Waals surface area contributed by atoms with E-state index in [0.717, 1.165) is 17.1 Å². The molecule has 0 radical (unpaired) electrons. The highest BCUT2D eigenvalue weighted by molar-refractivity contribution is 8.00. The first-order chi connectivity index (χ1) is 20.9. The predicted molar refractivity (Wildman–Crippen MR) is 170 cm³/mol. The van der Waals surface area contributed by atoms with Crippen LogP contribution in [-0.2, 0) is 30.3 Å². The van der Waals surface area contributed by atoms with Crippen LogP contribution >= 0.6 is 23.1 Å². The highest BCUT2D eigenvalue weighted by Crippen LogP contribution is 2.32. The van der Waals surface area contributed by atoms with Crippen molar-refractivity contribution in [1.29, 1.82) is 0 Å². The van der Waals surface area contributed by atoms with Crippen LogP contribution in [0.3, 0.4) is 0 Å². The molecular formula is C31H45N5O6S2. The van der Waals surface area contributed by atoms with Crippen LogP contribution in [0, 0.1) is 24.7 Å². The van der Waals surface area contributed by atoms with Crippen LogP contribution in [0.1, 0.15) is 86.4 Å². The van der Waals surface area contributed by atoms with Crippen LogP contribution in [0.4, 0.5) is 0 Å². The molecule has 1 fully saturated rings. The summed E-state index contributed by atoms with van der Waals surface area (Å²) in [4.78, 5) is 65.7. The summed E-state index contributed by atoms with van der Waals surface area (Å²) < 4.78 is 10.6. The minimum atomic E-state index is -0.713. The van der Waals surface area contributed by atoms with Crippen molar-refractivity contribution in [3.8, 4) is 0 Å². The zero-order valence-electron chi connectivity index (χ0n) is 26.7. The number of nitrogens with zero attached hydrogens (tertiary/aromatic N) is 4. The van der Waals surface area contributed by atoms with E-state index in [1.54, 1.807) is 29.6 Å². The second-order valence-electron chi connectivity index (χ2n) is 11.9. The van der Waals surface area contributed by atoms with Crippen LogP contribution in [-0.4, -0.2) is 81.4 Å².